The molecule has 0 saturated carbocycles. The zero-order valence-corrected chi connectivity index (χ0v) is 33.7. The number of anilines is 1. The second-order valence-electron chi connectivity index (χ2n) is 15.9. The van der Waals surface area contributed by atoms with Gasteiger partial charge in [-0.15, -0.1) is 0 Å². The molecule has 7 amide bonds. The number of amides is 7. The van der Waals surface area contributed by atoms with E-state index in [2.05, 4.69) is 21.3 Å². The van der Waals surface area contributed by atoms with Crippen molar-refractivity contribution in [2.45, 2.75) is 103 Å². The van der Waals surface area contributed by atoms with Crippen LogP contribution in [0.1, 0.15) is 56.7 Å². The number of aryl methyl sites for hydroxylation is 2. The van der Waals surface area contributed by atoms with Gasteiger partial charge in [0.05, 0.1) is 13.2 Å². The summed E-state index contributed by atoms with van der Waals surface area (Å²) in [6.07, 6.45) is -0.964. The molecule has 16 nitrogen and oxygen atoms in total. The SMILES string of the molecule is Cc1ccc(NC(=O)N[C@@H](Cc2cc(F)cc(F)c2)C(=O)N[C@@H]2C(=O)N3CCC[C@H]3C(=O)N3CCOC[C@H]3C(=O)N[C@@H](C)C(=O)N3C[C@H](C)C[C@H]3C(=O)O[C@H]2C)cc1C. The number of nitrogens with zero attached hydrogens (tertiary/aromatic N) is 3. The standard InChI is InChI=1S/C41H51F2N7O9/c1-21-13-32-40(56)59-25(5)34(47-35(51)30(17-26-15-27(42)18-28(43)16-26)46-41(57)45-29-9-8-22(2)23(3)14-29)39(55)48-10-6-7-31(48)38(54)49-11-12-58-20-33(49)36(52)44-24(4)37(53)50(32)19-21/h8-9,14-16,18,21,24-25,30-34H,6-7,10-13,17,19-20H2,1-5H3,(H,44,52)(H,47,51)(H2,45,46,57)/t21-,24+,25+,30+,31+,32+,33+,34+/m1/s1. The molecular formula is C41H51F2N7O9. The topological polar surface area (TPSA) is 196 Å². The van der Waals surface area contributed by atoms with Crippen molar-refractivity contribution in [3.05, 3.63) is 64.7 Å². The van der Waals surface area contributed by atoms with Gasteiger partial charge in [0.1, 0.15) is 54.0 Å². The van der Waals surface area contributed by atoms with E-state index in [-0.39, 0.29) is 57.2 Å². The van der Waals surface area contributed by atoms with E-state index in [9.17, 15) is 42.3 Å². The molecule has 2 aromatic carbocycles. The Labute approximate surface area is 340 Å². The van der Waals surface area contributed by atoms with E-state index >= 15 is 0 Å². The third-order valence-electron chi connectivity index (χ3n) is 11.4. The Kier molecular flexibility index (Phi) is 13.2. The highest BCUT2D eigenvalue weighted by molar-refractivity contribution is 5.99. The van der Waals surface area contributed by atoms with Crippen LogP contribution < -0.4 is 21.3 Å². The molecule has 4 N–H and O–H groups in total. The van der Waals surface area contributed by atoms with Gasteiger partial charge in [0.25, 0.3) is 0 Å². The van der Waals surface area contributed by atoms with Crippen LogP contribution in [0.5, 0.6) is 0 Å². The zero-order valence-electron chi connectivity index (χ0n) is 33.7. The summed E-state index contributed by atoms with van der Waals surface area (Å²) in [5.41, 5.74) is 2.28. The van der Waals surface area contributed by atoms with E-state index in [0.717, 1.165) is 23.3 Å². The predicted octanol–water partition coefficient (Wildman–Crippen LogP) is 1.70. The Bertz CT molecular complexity index is 1980. The molecule has 318 valence electrons. The van der Waals surface area contributed by atoms with Gasteiger partial charge in [-0.2, -0.15) is 0 Å². The Morgan fingerprint density at radius 1 is 0.864 bits per heavy atom. The molecule has 4 saturated heterocycles. The molecule has 0 radical (unpaired) electrons. The molecule has 0 aliphatic carbocycles. The maximum atomic E-state index is 14.7. The number of ether oxygens (including phenoxy) is 2. The van der Waals surface area contributed by atoms with Gasteiger partial charge in [-0.1, -0.05) is 13.0 Å². The van der Waals surface area contributed by atoms with E-state index in [1.165, 1.54) is 28.5 Å². The molecule has 6 rings (SSSR count). The monoisotopic (exact) mass is 823 g/mol. The van der Waals surface area contributed by atoms with Gasteiger partial charge in [0.15, 0.2) is 0 Å². The molecule has 4 heterocycles. The minimum absolute atomic E-state index is 0.0153. The molecule has 0 spiro atoms. The van der Waals surface area contributed by atoms with E-state index < -0.39 is 102 Å². The first-order chi connectivity index (χ1) is 28.0. The largest absolute Gasteiger partial charge is 0.458 e. The number of cyclic esters (lactones) is 1. The highest BCUT2D eigenvalue weighted by Crippen LogP contribution is 2.28. The minimum atomic E-state index is -1.64. The zero-order chi connectivity index (χ0) is 42.7. The van der Waals surface area contributed by atoms with Crippen molar-refractivity contribution in [3.63, 3.8) is 0 Å². The van der Waals surface area contributed by atoms with E-state index in [0.29, 0.717) is 18.2 Å². The molecule has 4 fully saturated rings. The fraction of sp³-hybridized carbons (Fsp3) is 0.537. The second-order valence-corrected chi connectivity index (χ2v) is 15.9. The van der Waals surface area contributed by atoms with Gasteiger partial charge in [-0.25, -0.2) is 18.4 Å². The van der Waals surface area contributed by atoms with Crippen molar-refractivity contribution in [1.29, 1.82) is 0 Å². The highest BCUT2D eigenvalue weighted by Gasteiger charge is 2.47. The smallest absolute Gasteiger partial charge is 0.329 e. The number of urea groups is 1. The number of halogens is 2. The third-order valence-corrected chi connectivity index (χ3v) is 11.4. The summed E-state index contributed by atoms with van der Waals surface area (Å²) in [4.78, 5) is 102. The van der Waals surface area contributed by atoms with Gasteiger partial charge in [0, 0.05) is 37.8 Å². The number of fused-ring (bicyclic) bond motifs is 3. The Balaban J connectivity index is 1.34. The molecule has 59 heavy (non-hydrogen) atoms. The Morgan fingerprint density at radius 2 is 1.58 bits per heavy atom. The summed E-state index contributed by atoms with van der Waals surface area (Å²) in [6.45, 7) is 8.76. The van der Waals surface area contributed by atoms with Crippen LogP contribution >= 0.6 is 0 Å². The van der Waals surface area contributed by atoms with Crippen molar-refractivity contribution < 1.29 is 51.8 Å². The number of rotatable bonds is 6. The number of morpholine rings is 1. The van der Waals surface area contributed by atoms with Gasteiger partial charge in [-0.3, -0.25) is 24.0 Å². The first-order valence-electron chi connectivity index (χ1n) is 19.9. The number of esters is 1. The van der Waals surface area contributed by atoms with Crippen molar-refractivity contribution in [2.24, 2.45) is 5.92 Å². The molecular weight excluding hydrogens is 772 g/mol. The second kappa shape index (κ2) is 18.1. The first-order valence-corrected chi connectivity index (χ1v) is 19.9. The maximum Gasteiger partial charge on any atom is 0.329 e. The van der Waals surface area contributed by atoms with Crippen LogP contribution in [0.2, 0.25) is 0 Å². The molecule has 4 aliphatic heterocycles. The molecule has 8 atom stereocenters. The molecule has 0 unspecified atom stereocenters. The highest BCUT2D eigenvalue weighted by atomic mass is 19.1. The van der Waals surface area contributed by atoms with Crippen molar-refractivity contribution in [2.75, 3.05) is 38.2 Å². The van der Waals surface area contributed by atoms with E-state index in [4.69, 9.17) is 9.47 Å². The Hall–Kier alpha value is -5.65. The van der Waals surface area contributed by atoms with Crippen LogP contribution in [0.25, 0.3) is 0 Å². The summed E-state index contributed by atoms with van der Waals surface area (Å²) in [5, 5.41) is 10.5. The summed E-state index contributed by atoms with van der Waals surface area (Å²) < 4.78 is 40.1. The summed E-state index contributed by atoms with van der Waals surface area (Å²) in [7, 11) is 0. The van der Waals surface area contributed by atoms with Crippen molar-refractivity contribution >= 4 is 47.2 Å². The number of hydrogen-bond acceptors (Lipinski definition) is 9. The lowest BCUT2D eigenvalue weighted by Crippen LogP contribution is -2.64. The number of hydrogen-bond donors (Lipinski definition) is 4. The van der Waals surface area contributed by atoms with E-state index in [1.54, 1.807) is 18.2 Å². The number of carbonyl (C=O) groups excluding carboxylic acids is 7. The van der Waals surface area contributed by atoms with Crippen LogP contribution in [-0.4, -0.2) is 131 Å². The summed E-state index contributed by atoms with van der Waals surface area (Å²) in [6, 6.07) is -0.510. The average molecular weight is 824 g/mol. The molecule has 0 aromatic heterocycles. The summed E-state index contributed by atoms with van der Waals surface area (Å²) in [5.74, 6) is -6.29. The number of nitrogens with one attached hydrogen (secondary N) is 4. The van der Waals surface area contributed by atoms with E-state index in [1.807, 2.05) is 20.8 Å². The van der Waals surface area contributed by atoms with Gasteiger partial charge < -0.3 is 45.4 Å². The van der Waals surface area contributed by atoms with Crippen LogP contribution in [0, 0.1) is 31.4 Å². The maximum absolute atomic E-state index is 14.7. The van der Waals surface area contributed by atoms with Gasteiger partial charge in [-0.05, 0) is 93.8 Å². The van der Waals surface area contributed by atoms with Crippen LogP contribution in [0.4, 0.5) is 19.3 Å². The molecule has 2 aromatic rings. The first kappa shape index (κ1) is 42.9. The van der Waals surface area contributed by atoms with Crippen LogP contribution in [-0.2, 0) is 44.7 Å². The normalized spacial score (nSPS) is 27.3. The third kappa shape index (κ3) is 9.80. The van der Waals surface area contributed by atoms with Crippen LogP contribution in [0.3, 0.4) is 0 Å². The quantitative estimate of drug-likeness (QED) is 0.314. The minimum Gasteiger partial charge on any atom is -0.458 e. The molecule has 18 heteroatoms. The number of benzene rings is 2. The van der Waals surface area contributed by atoms with Gasteiger partial charge >= 0.3 is 12.0 Å². The van der Waals surface area contributed by atoms with Crippen molar-refractivity contribution in [1.82, 2.24) is 30.7 Å². The van der Waals surface area contributed by atoms with Crippen LogP contribution in [0.15, 0.2) is 36.4 Å². The lowest BCUT2D eigenvalue weighted by Gasteiger charge is -2.39. The fourth-order valence-corrected chi connectivity index (χ4v) is 8.16. The molecule has 0 bridgehead atoms. The fourth-order valence-electron chi connectivity index (χ4n) is 8.16. The lowest BCUT2D eigenvalue weighted by molar-refractivity contribution is -0.164. The van der Waals surface area contributed by atoms with Crippen molar-refractivity contribution in [3.8, 4) is 0 Å². The molecule has 4 aliphatic rings. The van der Waals surface area contributed by atoms with Gasteiger partial charge in [0.2, 0.25) is 29.5 Å². The average Bonchev–Trinajstić information content (AvgIpc) is 3.83. The predicted molar refractivity (Wildman–Crippen MR) is 207 cm³/mol. The lowest BCUT2D eigenvalue weighted by atomic mass is 10.0. The summed E-state index contributed by atoms with van der Waals surface area (Å²) >= 11 is 0. The number of carbonyl (C=O) groups is 7. The Morgan fingerprint density at radius 3 is 2.29 bits per heavy atom.